The van der Waals surface area contributed by atoms with Gasteiger partial charge in [0, 0.05) is 21.4 Å². The number of nitrogens with two attached hydrogens (primary N) is 1. The molecule has 0 saturated carbocycles. The molecule has 3 N–H and O–H groups in total. The molecule has 186 valence electrons. The van der Waals surface area contributed by atoms with Gasteiger partial charge in [-0.2, -0.15) is 13.2 Å². The van der Waals surface area contributed by atoms with Crippen LogP contribution in [0.4, 0.5) is 35.0 Å². The number of rotatable bonds is 7. The quantitative estimate of drug-likeness (QED) is 0.307. The van der Waals surface area contributed by atoms with E-state index in [2.05, 4.69) is 5.32 Å². The molecule has 0 bridgehead atoms. The van der Waals surface area contributed by atoms with E-state index in [1.165, 1.54) is 29.2 Å². The number of halogens is 5. The second-order valence-corrected chi connectivity index (χ2v) is 8.93. The summed E-state index contributed by atoms with van der Waals surface area (Å²) < 4.78 is 38.4. The van der Waals surface area contributed by atoms with Crippen molar-refractivity contribution in [1.29, 1.82) is 0 Å². The molecule has 0 aliphatic carbocycles. The molecule has 0 fully saturated rings. The maximum Gasteiger partial charge on any atom is 0.393 e. The molecule has 0 spiro atoms. The fourth-order valence-corrected chi connectivity index (χ4v) is 4.36. The lowest BCUT2D eigenvalue weighted by Crippen LogP contribution is -2.35. The van der Waals surface area contributed by atoms with Gasteiger partial charge in [-0.25, -0.2) is 4.79 Å². The van der Waals surface area contributed by atoms with Crippen molar-refractivity contribution in [2.24, 2.45) is 0 Å². The van der Waals surface area contributed by atoms with Gasteiger partial charge in [0.2, 0.25) is 0 Å². The number of nitrogens with one attached hydrogen (secondary N) is 1. The average molecular weight is 524 g/mol. The van der Waals surface area contributed by atoms with Gasteiger partial charge < -0.3 is 11.1 Å². The maximum atomic E-state index is 13.6. The van der Waals surface area contributed by atoms with Crippen LogP contribution in [0.5, 0.6) is 0 Å². The number of amides is 2. The third-order valence-electron chi connectivity index (χ3n) is 5.61. The molecule has 0 atom stereocenters. The zero-order chi connectivity index (χ0) is 25.8. The first-order valence-corrected chi connectivity index (χ1v) is 11.9. The summed E-state index contributed by atoms with van der Waals surface area (Å²) in [7, 11) is 0. The third-order valence-corrected chi connectivity index (χ3v) is 6.20. The molecule has 3 rings (SSSR count). The molecule has 0 aromatic heterocycles. The van der Waals surface area contributed by atoms with E-state index in [1.807, 2.05) is 13.8 Å². The second-order valence-electron chi connectivity index (χ2n) is 8.09. The van der Waals surface area contributed by atoms with Crippen LogP contribution in [0, 0.1) is 0 Å². The monoisotopic (exact) mass is 523 g/mol. The van der Waals surface area contributed by atoms with Gasteiger partial charge in [0.05, 0.1) is 18.7 Å². The molecule has 4 nitrogen and oxygen atoms in total. The van der Waals surface area contributed by atoms with E-state index in [1.54, 1.807) is 30.3 Å². The SMILES string of the molecule is CCc1c(N)cc(Cl)c(CC)c1NC(=O)N(Cc1ccc(Cl)cc1)c1ccc(CC(F)(F)F)cc1. The molecular formula is C26H26Cl2F3N3O. The number of nitrogen functional groups attached to an aromatic ring is 1. The van der Waals surface area contributed by atoms with E-state index in [-0.39, 0.29) is 12.1 Å². The Labute approximate surface area is 212 Å². The van der Waals surface area contributed by atoms with E-state index in [4.69, 9.17) is 28.9 Å². The van der Waals surface area contributed by atoms with Gasteiger partial charge in [-0.05, 0) is 65.4 Å². The van der Waals surface area contributed by atoms with Crippen molar-refractivity contribution in [2.75, 3.05) is 16.0 Å². The Bertz CT molecular complexity index is 1150. The summed E-state index contributed by atoms with van der Waals surface area (Å²) in [6, 6.07) is 14.0. The van der Waals surface area contributed by atoms with Crippen LogP contribution in [0.3, 0.4) is 0 Å². The largest absolute Gasteiger partial charge is 0.398 e. The average Bonchev–Trinajstić information content (AvgIpc) is 2.78. The lowest BCUT2D eigenvalue weighted by Gasteiger charge is -2.26. The summed E-state index contributed by atoms with van der Waals surface area (Å²) in [5.41, 5.74) is 10.1. The molecule has 0 radical (unpaired) electrons. The van der Waals surface area contributed by atoms with Crippen molar-refractivity contribution in [2.45, 2.75) is 45.8 Å². The van der Waals surface area contributed by atoms with Crippen LogP contribution in [0.25, 0.3) is 0 Å². The van der Waals surface area contributed by atoms with Gasteiger partial charge in [0.25, 0.3) is 0 Å². The summed E-state index contributed by atoms with van der Waals surface area (Å²) in [6.45, 7) is 4.03. The van der Waals surface area contributed by atoms with Crippen molar-refractivity contribution in [3.05, 3.63) is 86.9 Å². The lowest BCUT2D eigenvalue weighted by atomic mass is 10.0. The van der Waals surface area contributed by atoms with Crippen LogP contribution in [-0.4, -0.2) is 12.2 Å². The van der Waals surface area contributed by atoms with Gasteiger partial charge in [-0.1, -0.05) is 61.3 Å². The smallest absolute Gasteiger partial charge is 0.393 e. The van der Waals surface area contributed by atoms with Gasteiger partial charge in [0.1, 0.15) is 0 Å². The molecule has 0 aliphatic rings. The van der Waals surface area contributed by atoms with Crippen LogP contribution >= 0.6 is 23.2 Å². The van der Waals surface area contributed by atoms with E-state index in [0.29, 0.717) is 39.9 Å². The van der Waals surface area contributed by atoms with E-state index in [9.17, 15) is 18.0 Å². The fraction of sp³-hybridized carbons (Fsp3) is 0.269. The highest BCUT2D eigenvalue weighted by atomic mass is 35.5. The Kier molecular flexibility index (Phi) is 8.56. The van der Waals surface area contributed by atoms with Crippen LogP contribution < -0.4 is 16.0 Å². The predicted octanol–water partition coefficient (Wildman–Crippen LogP) is 8.04. The second kappa shape index (κ2) is 11.2. The first-order chi connectivity index (χ1) is 16.5. The summed E-state index contributed by atoms with van der Waals surface area (Å²) in [6.07, 6.45) is -4.21. The summed E-state index contributed by atoms with van der Waals surface area (Å²) in [5, 5.41) is 3.97. The van der Waals surface area contributed by atoms with Crippen LogP contribution in [-0.2, 0) is 25.8 Å². The Morgan fingerprint density at radius 2 is 1.51 bits per heavy atom. The highest BCUT2D eigenvalue weighted by molar-refractivity contribution is 6.32. The van der Waals surface area contributed by atoms with Gasteiger partial charge in [0.15, 0.2) is 0 Å². The fourth-order valence-electron chi connectivity index (χ4n) is 3.89. The number of benzene rings is 3. The Balaban J connectivity index is 1.99. The normalized spacial score (nSPS) is 11.4. The zero-order valence-electron chi connectivity index (χ0n) is 19.3. The highest BCUT2D eigenvalue weighted by Crippen LogP contribution is 2.35. The summed E-state index contributed by atoms with van der Waals surface area (Å²) in [5.74, 6) is 0. The molecule has 3 aromatic rings. The molecule has 9 heteroatoms. The van der Waals surface area contributed by atoms with Crippen molar-refractivity contribution in [1.82, 2.24) is 0 Å². The van der Waals surface area contributed by atoms with Crippen molar-refractivity contribution in [3.63, 3.8) is 0 Å². The number of urea groups is 1. The maximum absolute atomic E-state index is 13.6. The van der Waals surface area contributed by atoms with E-state index >= 15 is 0 Å². The molecule has 0 aliphatic heterocycles. The highest BCUT2D eigenvalue weighted by Gasteiger charge is 2.28. The summed E-state index contributed by atoms with van der Waals surface area (Å²) >= 11 is 12.4. The minimum atomic E-state index is -4.32. The number of nitrogens with zero attached hydrogens (tertiary/aromatic N) is 1. The Morgan fingerprint density at radius 1 is 0.943 bits per heavy atom. The number of anilines is 3. The molecule has 3 aromatic carbocycles. The summed E-state index contributed by atoms with van der Waals surface area (Å²) in [4.78, 5) is 15.0. The molecule has 2 amide bonds. The standard InChI is InChI=1S/C26H26Cl2F3N3O/c1-3-20-22(28)13-23(32)21(4-2)24(20)33-25(35)34(15-17-5-9-18(27)10-6-17)19-11-7-16(8-12-19)14-26(29,30)31/h5-13H,3-4,14-15,32H2,1-2H3,(H,33,35). The van der Waals surface area contributed by atoms with Gasteiger partial charge in [-0.3, -0.25) is 4.90 Å². The molecule has 0 heterocycles. The minimum absolute atomic E-state index is 0.109. The van der Waals surface area contributed by atoms with Crippen molar-refractivity contribution >= 4 is 46.3 Å². The number of carbonyl (C=O) groups excluding carboxylic acids is 1. The van der Waals surface area contributed by atoms with E-state index < -0.39 is 18.6 Å². The van der Waals surface area contributed by atoms with E-state index in [0.717, 1.165) is 16.7 Å². The molecule has 0 unspecified atom stereocenters. The molecule has 35 heavy (non-hydrogen) atoms. The van der Waals surface area contributed by atoms with Gasteiger partial charge in [-0.15, -0.1) is 0 Å². The first kappa shape index (κ1) is 26.7. The minimum Gasteiger partial charge on any atom is -0.398 e. The zero-order valence-corrected chi connectivity index (χ0v) is 20.9. The first-order valence-electron chi connectivity index (χ1n) is 11.1. The Morgan fingerprint density at radius 3 is 2.06 bits per heavy atom. The number of carbonyl (C=O) groups is 1. The van der Waals surface area contributed by atoms with Crippen molar-refractivity contribution in [3.8, 4) is 0 Å². The molecule has 0 saturated heterocycles. The number of hydrogen-bond acceptors (Lipinski definition) is 2. The Hall–Kier alpha value is -2.90. The topological polar surface area (TPSA) is 58.4 Å². The number of alkyl halides is 3. The van der Waals surface area contributed by atoms with Crippen molar-refractivity contribution < 1.29 is 18.0 Å². The van der Waals surface area contributed by atoms with Crippen LogP contribution in [0.2, 0.25) is 10.0 Å². The third kappa shape index (κ3) is 6.83. The number of hydrogen-bond donors (Lipinski definition) is 2. The van der Waals surface area contributed by atoms with Gasteiger partial charge >= 0.3 is 12.2 Å². The predicted molar refractivity (Wildman–Crippen MR) is 137 cm³/mol. The van der Waals surface area contributed by atoms with Crippen LogP contribution in [0.1, 0.15) is 36.1 Å². The molecular weight excluding hydrogens is 498 g/mol. The lowest BCUT2D eigenvalue weighted by molar-refractivity contribution is -0.127. The van der Waals surface area contributed by atoms with Crippen LogP contribution in [0.15, 0.2) is 54.6 Å².